The van der Waals surface area contributed by atoms with Crippen LogP contribution in [0.2, 0.25) is 0 Å². The smallest absolute Gasteiger partial charge is 0.330 e. The fourth-order valence-electron chi connectivity index (χ4n) is 2.86. The first-order valence-corrected chi connectivity index (χ1v) is 10.1. The zero-order valence-electron chi connectivity index (χ0n) is 15.8. The largest absolute Gasteiger partial charge is 0.497 e. The van der Waals surface area contributed by atoms with Crippen LogP contribution in [-0.2, 0) is 19.6 Å². The number of methoxy groups -OCH3 is 2. The van der Waals surface area contributed by atoms with Crippen LogP contribution in [0.3, 0.4) is 0 Å². The average Bonchev–Trinajstić information content (AvgIpc) is 2.92. The van der Waals surface area contributed by atoms with Gasteiger partial charge in [-0.2, -0.15) is 0 Å². The molecule has 29 heavy (non-hydrogen) atoms. The number of esters is 1. The molecule has 2 aromatic carbocycles. The Morgan fingerprint density at radius 3 is 2.55 bits per heavy atom. The summed E-state index contributed by atoms with van der Waals surface area (Å²) in [6.07, 6.45) is 2.68. The molecule has 8 nitrogen and oxygen atoms in total. The van der Waals surface area contributed by atoms with E-state index in [2.05, 4.69) is 0 Å². The van der Waals surface area contributed by atoms with Gasteiger partial charge in [-0.1, -0.05) is 12.1 Å². The SMILES string of the molecule is COc1ccc(OC)c(/C=C/C(=O)OCCN2C(=O)c3ccccc3S2(=O)=O)c1. The summed E-state index contributed by atoms with van der Waals surface area (Å²) in [5.41, 5.74) is 0.723. The number of hydrogen-bond donors (Lipinski definition) is 0. The van der Waals surface area contributed by atoms with Crippen molar-refractivity contribution >= 4 is 28.0 Å². The standard InChI is InChI=1S/C20H19NO7S/c1-26-15-8-9-17(27-2)14(13-15)7-10-19(22)28-12-11-21-20(23)16-5-3-4-6-18(16)29(21,24)25/h3-10,13H,11-12H2,1-2H3/b10-7+. The minimum absolute atomic E-state index is 0.0404. The minimum atomic E-state index is -3.92. The molecule has 0 N–H and O–H groups in total. The molecule has 0 saturated carbocycles. The second-order valence-electron chi connectivity index (χ2n) is 5.99. The molecule has 0 aromatic heterocycles. The van der Waals surface area contributed by atoms with Crippen LogP contribution in [-0.4, -0.2) is 52.0 Å². The summed E-state index contributed by atoms with van der Waals surface area (Å²) >= 11 is 0. The number of hydrogen-bond acceptors (Lipinski definition) is 7. The van der Waals surface area contributed by atoms with E-state index in [1.165, 1.54) is 38.5 Å². The van der Waals surface area contributed by atoms with Gasteiger partial charge < -0.3 is 14.2 Å². The highest BCUT2D eigenvalue weighted by molar-refractivity contribution is 7.90. The minimum Gasteiger partial charge on any atom is -0.497 e. The number of ether oxygens (including phenoxy) is 3. The molecule has 2 aromatic rings. The van der Waals surface area contributed by atoms with Crippen LogP contribution < -0.4 is 9.47 Å². The maximum Gasteiger partial charge on any atom is 0.330 e. The first kappa shape index (κ1) is 20.4. The van der Waals surface area contributed by atoms with Gasteiger partial charge in [0.1, 0.15) is 23.0 Å². The molecule has 0 atom stereocenters. The van der Waals surface area contributed by atoms with Crippen molar-refractivity contribution in [3.05, 3.63) is 59.7 Å². The molecule has 1 heterocycles. The molecule has 0 spiro atoms. The molecular formula is C20H19NO7S. The van der Waals surface area contributed by atoms with Crippen molar-refractivity contribution in [1.29, 1.82) is 0 Å². The summed E-state index contributed by atoms with van der Waals surface area (Å²) in [5.74, 6) is -0.178. The number of amides is 1. The number of carbonyl (C=O) groups excluding carboxylic acids is 2. The maximum absolute atomic E-state index is 12.4. The molecule has 1 amide bonds. The lowest BCUT2D eigenvalue weighted by atomic mass is 10.1. The third-order valence-corrected chi connectivity index (χ3v) is 6.13. The van der Waals surface area contributed by atoms with E-state index in [1.54, 1.807) is 30.3 Å². The Morgan fingerprint density at radius 2 is 1.86 bits per heavy atom. The zero-order valence-corrected chi connectivity index (χ0v) is 16.6. The number of nitrogens with zero attached hydrogens (tertiary/aromatic N) is 1. The van der Waals surface area contributed by atoms with Gasteiger partial charge >= 0.3 is 5.97 Å². The highest BCUT2D eigenvalue weighted by atomic mass is 32.2. The van der Waals surface area contributed by atoms with Crippen molar-refractivity contribution in [2.24, 2.45) is 0 Å². The van der Waals surface area contributed by atoms with Gasteiger partial charge in [0.15, 0.2) is 0 Å². The van der Waals surface area contributed by atoms with Gasteiger partial charge in [-0.25, -0.2) is 17.5 Å². The van der Waals surface area contributed by atoms with Crippen LogP contribution in [0.25, 0.3) is 6.08 Å². The molecule has 3 rings (SSSR count). The summed E-state index contributed by atoms with van der Waals surface area (Å²) in [7, 11) is -0.895. The summed E-state index contributed by atoms with van der Waals surface area (Å²) in [4.78, 5) is 24.2. The molecule has 0 aliphatic carbocycles. The first-order valence-electron chi connectivity index (χ1n) is 8.61. The van der Waals surface area contributed by atoms with Gasteiger partial charge in [-0.15, -0.1) is 0 Å². The molecule has 0 unspecified atom stereocenters. The van der Waals surface area contributed by atoms with Gasteiger partial charge in [0.05, 0.1) is 26.3 Å². The maximum atomic E-state index is 12.4. The van der Waals surface area contributed by atoms with Crippen molar-refractivity contribution in [1.82, 2.24) is 4.31 Å². The third-order valence-electron chi connectivity index (χ3n) is 4.29. The number of rotatable bonds is 7. The van der Waals surface area contributed by atoms with Crippen molar-refractivity contribution in [2.75, 3.05) is 27.4 Å². The fraction of sp³-hybridized carbons (Fsp3) is 0.200. The van der Waals surface area contributed by atoms with Gasteiger partial charge in [0.25, 0.3) is 15.9 Å². The molecule has 9 heteroatoms. The van der Waals surface area contributed by atoms with E-state index >= 15 is 0 Å². The Hall–Kier alpha value is -3.33. The van der Waals surface area contributed by atoms with Crippen LogP contribution >= 0.6 is 0 Å². The van der Waals surface area contributed by atoms with Crippen LogP contribution in [0.1, 0.15) is 15.9 Å². The topological polar surface area (TPSA) is 99.2 Å². The van der Waals surface area contributed by atoms with Crippen LogP contribution in [0.4, 0.5) is 0 Å². The third kappa shape index (κ3) is 4.09. The Labute approximate surface area is 168 Å². The summed E-state index contributed by atoms with van der Waals surface area (Å²) in [5, 5.41) is 0. The Kier molecular flexibility index (Phi) is 5.88. The average molecular weight is 417 g/mol. The lowest BCUT2D eigenvalue weighted by Crippen LogP contribution is -2.33. The summed E-state index contributed by atoms with van der Waals surface area (Å²) < 4.78 is 41.0. The van der Waals surface area contributed by atoms with E-state index in [4.69, 9.17) is 14.2 Å². The van der Waals surface area contributed by atoms with Gasteiger partial charge in [-0.05, 0) is 36.4 Å². The number of sulfonamides is 1. The number of fused-ring (bicyclic) bond motifs is 1. The van der Waals surface area contributed by atoms with Crippen LogP contribution in [0.15, 0.2) is 53.4 Å². The fourth-order valence-corrected chi connectivity index (χ4v) is 4.41. The van der Waals surface area contributed by atoms with Crippen LogP contribution in [0, 0.1) is 0 Å². The highest BCUT2D eigenvalue weighted by Gasteiger charge is 2.40. The molecular weight excluding hydrogens is 398 g/mol. The van der Waals surface area contributed by atoms with Gasteiger partial charge in [0, 0.05) is 11.6 Å². The van der Waals surface area contributed by atoms with E-state index in [0.717, 1.165) is 0 Å². The Morgan fingerprint density at radius 1 is 1.10 bits per heavy atom. The molecule has 152 valence electrons. The normalized spacial score (nSPS) is 14.7. The molecule has 0 bridgehead atoms. The summed E-state index contributed by atoms with van der Waals surface area (Å²) in [6, 6.07) is 11.1. The Bertz CT molecular complexity index is 1080. The second kappa shape index (κ2) is 8.36. The van der Waals surface area contributed by atoms with Gasteiger partial charge in [-0.3, -0.25) is 4.79 Å². The van der Waals surface area contributed by atoms with Crippen LogP contribution in [0.5, 0.6) is 11.5 Å². The molecule has 0 saturated heterocycles. The second-order valence-corrected chi connectivity index (χ2v) is 7.82. The predicted molar refractivity (Wildman–Crippen MR) is 104 cm³/mol. The van der Waals surface area contributed by atoms with E-state index < -0.39 is 21.9 Å². The quantitative estimate of drug-likeness (QED) is 0.502. The lowest BCUT2D eigenvalue weighted by Gasteiger charge is -2.14. The van der Waals surface area contributed by atoms with Crippen molar-refractivity contribution < 1.29 is 32.2 Å². The molecule has 1 aliphatic heterocycles. The van der Waals surface area contributed by atoms with E-state index in [-0.39, 0.29) is 23.6 Å². The zero-order chi connectivity index (χ0) is 21.0. The summed E-state index contributed by atoms with van der Waals surface area (Å²) in [6.45, 7) is -0.532. The Balaban J connectivity index is 1.61. The monoisotopic (exact) mass is 417 g/mol. The van der Waals surface area contributed by atoms with Crippen molar-refractivity contribution in [3.8, 4) is 11.5 Å². The lowest BCUT2D eigenvalue weighted by molar-refractivity contribution is -0.137. The highest BCUT2D eigenvalue weighted by Crippen LogP contribution is 2.29. The predicted octanol–water partition coefficient (Wildman–Crippen LogP) is 2.10. The van der Waals surface area contributed by atoms with E-state index in [0.29, 0.717) is 21.4 Å². The number of carbonyl (C=O) groups is 2. The first-order chi connectivity index (χ1) is 13.9. The molecule has 0 fully saturated rings. The number of benzene rings is 2. The van der Waals surface area contributed by atoms with E-state index in [9.17, 15) is 18.0 Å². The van der Waals surface area contributed by atoms with Crippen molar-refractivity contribution in [3.63, 3.8) is 0 Å². The molecule has 1 aliphatic rings. The molecule has 0 radical (unpaired) electrons. The van der Waals surface area contributed by atoms with Crippen molar-refractivity contribution in [2.45, 2.75) is 4.90 Å². The van der Waals surface area contributed by atoms with E-state index in [1.807, 2.05) is 0 Å². The van der Waals surface area contributed by atoms with Gasteiger partial charge in [0.2, 0.25) is 0 Å².